The van der Waals surface area contributed by atoms with Crippen LogP contribution in [0, 0.1) is 11.8 Å². The van der Waals surface area contributed by atoms with Crippen LogP contribution in [0.4, 0.5) is 11.4 Å². The normalized spacial score (nSPS) is 17.8. The van der Waals surface area contributed by atoms with Crippen LogP contribution in [0.3, 0.4) is 0 Å². The molecular weight excluding hydrogens is 392 g/mol. The van der Waals surface area contributed by atoms with E-state index in [4.69, 9.17) is 5.11 Å². The maximum atomic E-state index is 13.0. The minimum atomic E-state index is -1.03. The third kappa shape index (κ3) is 4.64. The molecule has 2 amide bonds. The van der Waals surface area contributed by atoms with Crippen LogP contribution in [-0.4, -0.2) is 22.9 Å². The molecule has 0 heterocycles. The Bertz CT molecular complexity index is 1170. The first kappa shape index (κ1) is 20.3. The number of carboxylic acid groups (broad SMARTS) is 1. The number of aromatic carboxylic acids is 1. The molecule has 0 aliphatic heterocycles. The van der Waals surface area contributed by atoms with E-state index in [2.05, 4.69) is 10.6 Å². The van der Waals surface area contributed by atoms with Crippen molar-refractivity contribution in [1.82, 2.24) is 0 Å². The number of hydrogen-bond donors (Lipinski definition) is 3. The topological polar surface area (TPSA) is 95.5 Å². The van der Waals surface area contributed by atoms with Gasteiger partial charge in [0.1, 0.15) is 0 Å². The molecule has 0 saturated heterocycles. The molecule has 4 rings (SSSR count). The van der Waals surface area contributed by atoms with Crippen molar-refractivity contribution >= 4 is 39.9 Å². The summed E-state index contributed by atoms with van der Waals surface area (Å²) in [5, 5.41) is 16.9. The number of fused-ring (bicyclic) bond motifs is 1. The molecule has 0 spiro atoms. The number of benzene rings is 3. The molecule has 3 aromatic carbocycles. The Morgan fingerprint density at radius 2 is 1.26 bits per heavy atom. The fourth-order valence-corrected chi connectivity index (χ4v) is 3.83. The Morgan fingerprint density at radius 1 is 0.710 bits per heavy atom. The van der Waals surface area contributed by atoms with E-state index in [1.165, 1.54) is 12.1 Å². The van der Waals surface area contributed by atoms with Gasteiger partial charge in [0.2, 0.25) is 11.8 Å². The summed E-state index contributed by atoms with van der Waals surface area (Å²) in [6.45, 7) is 0. The van der Waals surface area contributed by atoms with Gasteiger partial charge < -0.3 is 15.7 Å². The number of nitrogens with one attached hydrogen (secondary N) is 2. The second kappa shape index (κ2) is 8.83. The average molecular weight is 414 g/mol. The lowest BCUT2D eigenvalue weighted by molar-refractivity contribution is -0.129. The summed E-state index contributed by atoms with van der Waals surface area (Å²) in [6, 6.07) is 19.6. The molecule has 31 heavy (non-hydrogen) atoms. The molecule has 0 aromatic heterocycles. The summed E-state index contributed by atoms with van der Waals surface area (Å²) in [7, 11) is 0. The van der Waals surface area contributed by atoms with Gasteiger partial charge in [-0.1, -0.05) is 42.5 Å². The van der Waals surface area contributed by atoms with E-state index in [1.54, 1.807) is 12.1 Å². The van der Waals surface area contributed by atoms with Crippen LogP contribution in [0.2, 0.25) is 0 Å². The van der Waals surface area contributed by atoms with E-state index >= 15 is 0 Å². The standard InChI is InChI=1S/C25H22N2O4/c28-23(26-19-12-10-17(11-13-19)25(30)31)21-7-3-4-8-22(21)24(29)27-20-14-9-16-5-1-2-6-18(16)15-20/h1-6,9-15,21-22H,7-8H2,(H,26,28)(H,27,29)(H,30,31). The minimum absolute atomic E-state index is 0.145. The summed E-state index contributed by atoms with van der Waals surface area (Å²) in [6.07, 6.45) is 4.79. The van der Waals surface area contributed by atoms with Crippen molar-refractivity contribution < 1.29 is 19.5 Å². The highest BCUT2D eigenvalue weighted by atomic mass is 16.4. The van der Waals surface area contributed by atoms with Gasteiger partial charge in [-0.3, -0.25) is 9.59 Å². The first-order valence-electron chi connectivity index (χ1n) is 10.1. The van der Waals surface area contributed by atoms with E-state index in [0.717, 1.165) is 10.8 Å². The van der Waals surface area contributed by atoms with Crippen LogP contribution >= 0.6 is 0 Å². The smallest absolute Gasteiger partial charge is 0.335 e. The van der Waals surface area contributed by atoms with Gasteiger partial charge in [-0.2, -0.15) is 0 Å². The van der Waals surface area contributed by atoms with Gasteiger partial charge in [-0.25, -0.2) is 4.79 Å². The molecule has 0 saturated carbocycles. The van der Waals surface area contributed by atoms with Crippen LogP contribution in [0.5, 0.6) is 0 Å². The maximum absolute atomic E-state index is 13.0. The molecule has 2 atom stereocenters. The first-order chi connectivity index (χ1) is 15.0. The van der Waals surface area contributed by atoms with Crippen LogP contribution < -0.4 is 10.6 Å². The van der Waals surface area contributed by atoms with Crippen molar-refractivity contribution in [2.45, 2.75) is 12.8 Å². The lowest BCUT2D eigenvalue weighted by atomic mass is 9.81. The minimum Gasteiger partial charge on any atom is -0.478 e. The fourth-order valence-electron chi connectivity index (χ4n) is 3.83. The lowest BCUT2D eigenvalue weighted by Crippen LogP contribution is -2.37. The number of carbonyl (C=O) groups is 3. The van der Waals surface area contributed by atoms with Gasteiger partial charge in [0.25, 0.3) is 0 Å². The molecule has 6 nitrogen and oxygen atoms in total. The number of rotatable bonds is 5. The van der Waals surface area contributed by atoms with Crippen LogP contribution in [0.1, 0.15) is 23.2 Å². The van der Waals surface area contributed by atoms with E-state index in [0.29, 0.717) is 24.2 Å². The van der Waals surface area contributed by atoms with Crippen LogP contribution in [-0.2, 0) is 9.59 Å². The SMILES string of the molecule is O=C(O)c1ccc(NC(=O)C2CC=CCC2C(=O)Nc2ccc3ccccc3c2)cc1. The van der Waals surface area contributed by atoms with E-state index in [9.17, 15) is 14.4 Å². The predicted octanol–water partition coefficient (Wildman–Crippen LogP) is 4.70. The van der Waals surface area contributed by atoms with E-state index in [-0.39, 0.29) is 17.4 Å². The second-order valence-corrected chi connectivity index (χ2v) is 7.58. The van der Waals surface area contributed by atoms with Gasteiger partial charge in [0.05, 0.1) is 17.4 Å². The van der Waals surface area contributed by atoms with E-state index in [1.807, 2.05) is 54.6 Å². The summed E-state index contributed by atoms with van der Waals surface area (Å²) in [5.74, 6) is -2.48. The predicted molar refractivity (Wildman–Crippen MR) is 120 cm³/mol. The van der Waals surface area contributed by atoms with Crippen LogP contribution in [0.25, 0.3) is 10.8 Å². The molecule has 0 bridgehead atoms. The number of carboxylic acids is 1. The Morgan fingerprint density at radius 3 is 1.87 bits per heavy atom. The molecule has 2 unspecified atom stereocenters. The number of allylic oxidation sites excluding steroid dienone is 2. The third-order valence-corrected chi connectivity index (χ3v) is 5.52. The van der Waals surface area contributed by atoms with Gasteiger partial charge >= 0.3 is 5.97 Å². The van der Waals surface area contributed by atoms with Crippen molar-refractivity contribution in [1.29, 1.82) is 0 Å². The zero-order valence-corrected chi connectivity index (χ0v) is 16.7. The molecular formula is C25H22N2O4. The molecule has 1 aliphatic rings. The van der Waals surface area contributed by atoms with Gasteiger partial charge in [0.15, 0.2) is 0 Å². The summed E-state index contributed by atoms with van der Waals surface area (Å²) >= 11 is 0. The van der Waals surface area contributed by atoms with Crippen LogP contribution in [0.15, 0.2) is 78.9 Å². The number of carbonyl (C=O) groups excluding carboxylic acids is 2. The van der Waals surface area contributed by atoms with E-state index < -0.39 is 17.8 Å². The Labute approximate surface area is 179 Å². The molecule has 3 N–H and O–H groups in total. The van der Waals surface area contributed by atoms with Gasteiger partial charge in [-0.05, 0) is 60.0 Å². The molecule has 1 aliphatic carbocycles. The average Bonchev–Trinajstić information content (AvgIpc) is 2.79. The number of hydrogen-bond acceptors (Lipinski definition) is 3. The fraction of sp³-hybridized carbons (Fsp3) is 0.160. The quantitative estimate of drug-likeness (QED) is 0.528. The molecule has 0 radical (unpaired) electrons. The summed E-state index contributed by atoms with van der Waals surface area (Å²) < 4.78 is 0. The number of anilines is 2. The van der Waals surface area contributed by atoms with Crippen molar-refractivity contribution in [2.75, 3.05) is 10.6 Å². The van der Waals surface area contributed by atoms with Crippen molar-refractivity contribution in [3.05, 3.63) is 84.4 Å². The Balaban J connectivity index is 1.46. The first-order valence-corrected chi connectivity index (χ1v) is 10.1. The number of amides is 2. The molecule has 6 heteroatoms. The zero-order chi connectivity index (χ0) is 21.8. The monoisotopic (exact) mass is 414 g/mol. The largest absolute Gasteiger partial charge is 0.478 e. The van der Waals surface area contributed by atoms with Gasteiger partial charge in [0, 0.05) is 11.4 Å². The molecule has 156 valence electrons. The molecule has 3 aromatic rings. The van der Waals surface area contributed by atoms with Gasteiger partial charge in [-0.15, -0.1) is 0 Å². The Hall–Kier alpha value is -3.93. The summed E-state index contributed by atoms with van der Waals surface area (Å²) in [4.78, 5) is 36.9. The highest BCUT2D eigenvalue weighted by Gasteiger charge is 2.34. The maximum Gasteiger partial charge on any atom is 0.335 e. The van der Waals surface area contributed by atoms with Crippen molar-refractivity contribution in [3.63, 3.8) is 0 Å². The highest BCUT2D eigenvalue weighted by Crippen LogP contribution is 2.29. The third-order valence-electron chi connectivity index (χ3n) is 5.52. The zero-order valence-electron chi connectivity index (χ0n) is 16.7. The van der Waals surface area contributed by atoms with Crippen molar-refractivity contribution in [2.24, 2.45) is 11.8 Å². The highest BCUT2D eigenvalue weighted by molar-refractivity contribution is 6.01. The lowest BCUT2D eigenvalue weighted by Gasteiger charge is -2.26. The summed E-state index contributed by atoms with van der Waals surface area (Å²) in [5.41, 5.74) is 1.34. The van der Waals surface area contributed by atoms with Crippen molar-refractivity contribution in [3.8, 4) is 0 Å². The molecule has 0 fully saturated rings. The Kier molecular flexibility index (Phi) is 5.80. The second-order valence-electron chi connectivity index (χ2n) is 7.58.